The smallest absolute Gasteiger partial charge is 0.119 e. The summed E-state index contributed by atoms with van der Waals surface area (Å²) >= 11 is 0. The van der Waals surface area contributed by atoms with Crippen molar-refractivity contribution in [3.8, 4) is 5.75 Å². The van der Waals surface area contributed by atoms with Crippen LogP contribution in [-0.2, 0) is 11.3 Å². The molecule has 0 spiro atoms. The van der Waals surface area contributed by atoms with Crippen molar-refractivity contribution >= 4 is 0 Å². The lowest BCUT2D eigenvalue weighted by atomic mass is 10.0. The molecule has 1 aliphatic heterocycles. The van der Waals surface area contributed by atoms with Crippen molar-refractivity contribution in [2.45, 2.75) is 26.0 Å². The highest BCUT2D eigenvalue weighted by atomic mass is 16.5. The number of rotatable bonds is 5. The molecule has 94 valence electrons. The van der Waals surface area contributed by atoms with Crippen LogP contribution in [0.2, 0.25) is 0 Å². The number of nitrogens with one attached hydrogen (secondary N) is 1. The van der Waals surface area contributed by atoms with Crippen molar-refractivity contribution < 1.29 is 9.47 Å². The summed E-state index contributed by atoms with van der Waals surface area (Å²) in [5.74, 6) is 1.57. The molecule has 0 aliphatic carbocycles. The van der Waals surface area contributed by atoms with Crippen molar-refractivity contribution in [1.29, 1.82) is 0 Å². The first-order valence-corrected chi connectivity index (χ1v) is 6.25. The van der Waals surface area contributed by atoms with Gasteiger partial charge in [-0.2, -0.15) is 0 Å². The van der Waals surface area contributed by atoms with Gasteiger partial charge in [-0.05, 0) is 37.0 Å². The van der Waals surface area contributed by atoms with Crippen molar-refractivity contribution in [1.82, 2.24) is 5.32 Å². The first-order valence-electron chi connectivity index (χ1n) is 6.25. The predicted molar refractivity (Wildman–Crippen MR) is 68.2 cm³/mol. The molecule has 0 aromatic heterocycles. The summed E-state index contributed by atoms with van der Waals surface area (Å²) < 4.78 is 10.7. The van der Waals surface area contributed by atoms with Gasteiger partial charge in [-0.25, -0.2) is 0 Å². The Morgan fingerprint density at radius 1 is 1.47 bits per heavy atom. The summed E-state index contributed by atoms with van der Waals surface area (Å²) in [7, 11) is 1.70. The van der Waals surface area contributed by atoms with Gasteiger partial charge in [-0.1, -0.05) is 12.1 Å². The number of hydrogen-bond donors (Lipinski definition) is 1. The summed E-state index contributed by atoms with van der Waals surface area (Å²) in [5.41, 5.74) is 1.26. The van der Waals surface area contributed by atoms with Crippen LogP contribution < -0.4 is 10.1 Å². The lowest BCUT2D eigenvalue weighted by molar-refractivity contribution is 0.105. The number of benzene rings is 1. The van der Waals surface area contributed by atoms with E-state index in [2.05, 4.69) is 24.4 Å². The van der Waals surface area contributed by atoms with Crippen LogP contribution >= 0.6 is 0 Å². The summed E-state index contributed by atoms with van der Waals surface area (Å²) in [6.07, 6.45) is 1.57. The van der Waals surface area contributed by atoms with Gasteiger partial charge in [0.1, 0.15) is 5.75 Å². The molecule has 0 radical (unpaired) electrons. The van der Waals surface area contributed by atoms with E-state index in [0.717, 1.165) is 25.4 Å². The summed E-state index contributed by atoms with van der Waals surface area (Å²) in [6, 6.07) is 8.18. The molecule has 1 aromatic carbocycles. The number of methoxy groups -OCH3 is 1. The lowest BCUT2D eigenvalue weighted by Crippen LogP contribution is -2.26. The molecule has 2 unspecified atom stereocenters. The van der Waals surface area contributed by atoms with E-state index in [1.54, 1.807) is 7.11 Å². The molecule has 1 N–H and O–H groups in total. The zero-order valence-corrected chi connectivity index (χ0v) is 10.6. The summed E-state index contributed by atoms with van der Waals surface area (Å²) in [5, 5.41) is 3.49. The SMILES string of the molecule is COc1cccc(CNCC2CCOC2C)c1. The fourth-order valence-electron chi connectivity index (χ4n) is 2.23. The second kappa shape index (κ2) is 6.03. The molecule has 1 fully saturated rings. The Hall–Kier alpha value is -1.06. The van der Waals surface area contributed by atoms with Gasteiger partial charge < -0.3 is 14.8 Å². The lowest BCUT2D eigenvalue weighted by Gasteiger charge is -2.14. The van der Waals surface area contributed by atoms with Gasteiger partial charge in [0.05, 0.1) is 13.2 Å². The van der Waals surface area contributed by atoms with E-state index in [4.69, 9.17) is 9.47 Å². The highest BCUT2D eigenvalue weighted by Gasteiger charge is 2.23. The van der Waals surface area contributed by atoms with Gasteiger partial charge in [0.25, 0.3) is 0 Å². The third-order valence-electron chi connectivity index (χ3n) is 3.40. The second-order valence-corrected chi connectivity index (χ2v) is 4.61. The van der Waals surface area contributed by atoms with E-state index in [1.807, 2.05) is 12.1 Å². The molecule has 0 saturated carbocycles. The molecule has 17 heavy (non-hydrogen) atoms. The Balaban J connectivity index is 1.77. The van der Waals surface area contributed by atoms with E-state index in [0.29, 0.717) is 12.0 Å². The largest absolute Gasteiger partial charge is 0.497 e. The maximum atomic E-state index is 5.54. The second-order valence-electron chi connectivity index (χ2n) is 4.61. The van der Waals surface area contributed by atoms with E-state index in [9.17, 15) is 0 Å². The van der Waals surface area contributed by atoms with Gasteiger partial charge in [-0.15, -0.1) is 0 Å². The highest BCUT2D eigenvalue weighted by Crippen LogP contribution is 2.19. The Morgan fingerprint density at radius 2 is 2.35 bits per heavy atom. The Kier molecular flexibility index (Phi) is 4.40. The molecular weight excluding hydrogens is 214 g/mol. The monoisotopic (exact) mass is 235 g/mol. The third-order valence-corrected chi connectivity index (χ3v) is 3.40. The maximum Gasteiger partial charge on any atom is 0.119 e. The fraction of sp³-hybridized carbons (Fsp3) is 0.571. The molecule has 3 heteroatoms. The average molecular weight is 235 g/mol. The Bertz CT molecular complexity index is 354. The van der Waals surface area contributed by atoms with Crippen LogP contribution in [0, 0.1) is 5.92 Å². The topological polar surface area (TPSA) is 30.5 Å². The van der Waals surface area contributed by atoms with Crippen LogP contribution in [0.1, 0.15) is 18.9 Å². The molecule has 3 nitrogen and oxygen atoms in total. The Labute approximate surface area is 103 Å². The van der Waals surface area contributed by atoms with Crippen LogP contribution in [-0.4, -0.2) is 26.4 Å². The summed E-state index contributed by atoms with van der Waals surface area (Å²) in [6.45, 7) is 4.98. The van der Waals surface area contributed by atoms with Crippen LogP contribution in [0.25, 0.3) is 0 Å². The molecule has 0 amide bonds. The predicted octanol–water partition coefficient (Wildman–Crippen LogP) is 2.21. The van der Waals surface area contributed by atoms with Crippen molar-refractivity contribution in [2.75, 3.05) is 20.3 Å². The molecule has 0 bridgehead atoms. The van der Waals surface area contributed by atoms with Gasteiger partial charge >= 0.3 is 0 Å². The normalized spacial score (nSPS) is 23.9. The van der Waals surface area contributed by atoms with Crippen LogP contribution in [0.4, 0.5) is 0 Å². The van der Waals surface area contributed by atoms with E-state index < -0.39 is 0 Å². The molecule has 1 saturated heterocycles. The average Bonchev–Trinajstić information content (AvgIpc) is 2.76. The van der Waals surface area contributed by atoms with Crippen molar-refractivity contribution in [2.24, 2.45) is 5.92 Å². The van der Waals surface area contributed by atoms with E-state index >= 15 is 0 Å². The van der Waals surface area contributed by atoms with Crippen LogP contribution in [0.3, 0.4) is 0 Å². The number of ether oxygens (including phenoxy) is 2. The molecule has 1 aliphatic rings. The molecule has 2 atom stereocenters. The maximum absolute atomic E-state index is 5.54. The van der Waals surface area contributed by atoms with E-state index in [-0.39, 0.29) is 0 Å². The summed E-state index contributed by atoms with van der Waals surface area (Å²) in [4.78, 5) is 0. The minimum Gasteiger partial charge on any atom is -0.497 e. The van der Waals surface area contributed by atoms with Crippen molar-refractivity contribution in [3.63, 3.8) is 0 Å². The van der Waals surface area contributed by atoms with Crippen LogP contribution in [0.5, 0.6) is 5.75 Å². The zero-order chi connectivity index (χ0) is 12.1. The first-order chi connectivity index (χ1) is 8.29. The van der Waals surface area contributed by atoms with Crippen LogP contribution in [0.15, 0.2) is 24.3 Å². The van der Waals surface area contributed by atoms with Gasteiger partial charge in [0.2, 0.25) is 0 Å². The number of hydrogen-bond acceptors (Lipinski definition) is 3. The minimum atomic E-state index is 0.396. The fourth-order valence-corrected chi connectivity index (χ4v) is 2.23. The molecule has 1 aromatic rings. The van der Waals surface area contributed by atoms with Gasteiger partial charge in [0, 0.05) is 19.7 Å². The Morgan fingerprint density at radius 3 is 3.06 bits per heavy atom. The molecule has 2 rings (SSSR count). The molecule has 1 heterocycles. The third kappa shape index (κ3) is 3.45. The van der Waals surface area contributed by atoms with Crippen molar-refractivity contribution in [3.05, 3.63) is 29.8 Å². The highest BCUT2D eigenvalue weighted by molar-refractivity contribution is 5.28. The van der Waals surface area contributed by atoms with Gasteiger partial charge in [0.15, 0.2) is 0 Å². The van der Waals surface area contributed by atoms with E-state index in [1.165, 1.54) is 12.0 Å². The zero-order valence-electron chi connectivity index (χ0n) is 10.6. The standard InChI is InChI=1S/C14H21NO2/c1-11-13(6-7-17-11)10-15-9-12-4-3-5-14(8-12)16-2/h3-5,8,11,13,15H,6-7,9-10H2,1-2H3. The minimum absolute atomic E-state index is 0.396. The molecular formula is C14H21NO2. The first kappa shape index (κ1) is 12.4. The van der Waals surface area contributed by atoms with Gasteiger partial charge in [-0.3, -0.25) is 0 Å². The quantitative estimate of drug-likeness (QED) is 0.848.